The highest BCUT2D eigenvalue weighted by Crippen LogP contribution is 2.50. The summed E-state index contributed by atoms with van der Waals surface area (Å²) in [4.78, 5) is 0. The minimum absolute atomic E-state index is 0.178. The van der Waals surface area contributed by atoms with Crippen LogP contribution in [-0.2, 0) is 5.41 Å². The molecule has 2 heteroatoms. The molecule has 2 aromatic rings. The van der Waals surface area contributed by atoms with Crippen LogP contribution in [0.4, 0.5) is 5.69 Å². The molecule has 1 atom stereocenters. The van der Waals surface area contributed by atoms with E-state index in [9.17, 15) is 0 Å². The number of para-hydroxylation sites is 1. The van der Waals surface area contributed by atoms with Crippen LogP contribution in [0.3, 0.4) is 0 Å². The van der Waals surface area contributed by atoms with E-state index < -0.39 is 0 Å². The number of allylic oxidation sites excluding steroid dienone is 1. The first-order valence-electron chi connectivity index (χ1n) is 6.88. The van der Waals surface area contributed by atoms with Gasteiger partial charge in [0.15, 0.2) is 0 Å². The monoisotopic (exact) mass is 264 g/mol. The van der Waals surface area contributed by atoms with Gasteiger partial charge in [-0.15, -0.1) is 0 Å². The van der Waals surface area contributed by atoms with Crippen LogP contribution in [0.2, 0.25) is 0 Å². The zero-order valence-electron chi connectivity index (χ0n) is 12.3. The molecule has 0 aromatic heterocycles. The van der Waals surface area contributed by atoms with E-state index in [4.69, 9.17) is 0 Å². The number of anilines is 1. The maximum atomic E-state index is 4.39. The van der Waals surface area contributed by atoms with Gasteiger partial charge in [-0.2, -0.15) is 0 Å². The van der Waals surface area contributed by atoms with Crippen molar-refractivity contribution in [1.29, 1.82) is 0 Å². The number of fused-ring (bicyclic) bond motifs is 1. The highest BCUT2D eigenvalue weighted by Gasteiger charge is 2.44. The van der Waals surface area contributed by atoms with E-state index in [1.165, 1.54) is 16.8 Å². The lowest BCUT2D eigenvalue weighted by atomic mass is 9.76. The molecule has 0 fully saturated rings. The van der Waals surface area contributed by atoms with Crippen molar-refractivity contribution in [3.05, 3.63) is 78.0 Å². The van der Waals surface area contributed by atoms with Crippen molar-refractivity contribution >= 4 is 5.69 Å². The summed E-state index contributed by atoms with van der Waals surface area (Å²) in [6, 6.07) is 19.2. The predicted octanol–water partition coefficient (Wildman–Crippen LogP) is 3.80. The number of benzene rings is 2. The van der Waals surface area contributed by atoms with Crippen molar-refractivity contribution in [3.8, 4) is 0 Å². The third kappa shape index (κ3) is 1.61. The van der Waals surface area contributed by atoms with Gasteiger partial charge in [0.25, 0.3) is 0 Å². The molecule has 0 amide bonds. The highest BCUT2D eigenvalue weighted by molar-refractivity contribution is 5.72. The second-order valence-corrected chi connectivity index (χ2v) is 5.61. The maximum Gasteiger partial charge on any atom is 0.0621 e. The van der Waals surface area contributed by atoms with Crippen LogP contribution in [-0.4, -0.2) is 19.1 Å². The van der Waals surface area contributed by atoms with Crippen molar-refractivity contribution in [2.75, 3.05) is 19.1 Å². The topological polar surface area (TPSA) is 6.48 Å². The lowest BCUT2D eigenvalue weighted by molar-refractivity contribution is 0.395. The Morgan fingerprint density at radius 2 is 1.55 bits per heavy atom. The molecule has 1 aliphatic heterocycles. The molecule has 2 aromatic carbocycles. The van der Waals surface area contributed by atoms with Crippen molar-refractivity contribution in [3.63, 3.8) is 0 Å². The molecule has 0 bridgehead atoms. The van der Waals surface area contributed by atoms with Crippen LogP contribution < -0.4 is 5.01 Å². The van der Waals surface area contributed by atoms with Crippen molar-refractivity contribution in [1.82, 2.24) is 5.01 Å². The Bertz CT molecular complexity index is 645. The Morgan fingerprint density at radius 1 is 0.950 bits per heavy atom. The summed E-state index contributed by atoms with van der Waals surface area (Å²) in [5.74, 6) is 0. The molecule has 0 aliphatic carbocycles. The first-order valence-corrected chi connectivity index (χ1v) is 6.88. The normalized spacial score (nSPS) is 21.4. The smallest absolute Gasteiger partial charge is 0.0621 e. The maximum absolute atomic E-state index is 4.39. The van der Waals surface area contributed by atoms with E-state index in [1.807, 2.05) is 0 Å². The first kappa shape index (κ1) is 12.9. The number of hydrogen-bond acceptors (Lipinski definition) is 2. The molecule has 1 heterocycles. The lowest BCUT2D eigenvalue weighted by Gasteiger charge is -2.33. The molecular weight excluding hydrogens is 244 g/mol. The van der Waals surface area contributed by atoms with E-state index in [-0.39, 0.29) is 5.41 Å². The standard InChI is InChI=1S/C18H20N2/c1-14-18(2,15-10-6-5-7-11-15)16-12-8-9-13-17(16)20(14)19(3)4/h5-13H,1H2,2-4H3/t18-/m0/s1. The Hall–Kier alpha value is -2.06. The Kier molecular flexibility index (Phi) is 2.91. The Labute approximate surface area is 120 Å². The molecule has 0 unspecified atom stereocenters. The molecule has 0 saturated carbocycles. The van der Waals surface area contributed by atoms with Gasteiger partial charge in [0.05, 0.1) is 11.1 Å². The zero-order chi connectivity index (χ0) is 14.3. The molecular formula is C18H20N2. The second-order valence-electron chi connectivity index (χ2n) is 5.61. The van der Waals surface area contributed by atoms with Gasteiger partial charge >= 0.3 is 0 Å². The van der Waals surface area contributed by atoms with Crippen LogP contribution >= 0.6 is 0 Å². The quantitative estimate of drug-likeness (QED) is 0.814. The SMILES string of the molecule is C=C1N(N(C)C)c2ccccc2[C@]1(C)c1ccccc1. The average molecular weight is 264 g/mol. The van der Waals surface area contributed by atoms with Gasteiger partial charge in [-0.05, 0) is 24.1 Å². The van der Waals surface area contributed by atoms with Crippen LogP contribution in [0, 0.1) is 0 Å². The number of nitrogens with zero attached hydrogens (tertiary/aromatic N) is 2. The summed E-state index contributed by atoms with van der Waals surface area (Å²) in [6.07, 6.45) is 0. The fourth-order valence-electron chi connectivity index (χ4n) is 3.14. The molecule has 0 saturated heterocycles. The van der Waals surface area contributed by atoms with Gasteiger partial charge in [-0.1, -0.05) is 55.1 Å². The van der Waals surface area contributed by atoms with Gasteiger partial charge in [0.1, 0.15) is 0 Å². The van der Waals surface area contributed by atoms with E-state index in [2.05, 4.69) is 92.2 Å². The van der Waals surface area contributed by atoms with Gasteiger partial charge in [-0.3, -0.25) is 5.01 Å². The van der Waals surface area contributed by atoms with Gasteiger partial charge in [-0.25, -0.2) is 5.01 Å². The van der Waals surface area contributed by atoms with E-state index in [1.54, 1.807) is 0 Å². The third-order valence-corrected chi connectivity index (χ3v) is 4.25. The fourth-order valence-corrected chi connectivity index (χ4v) is 3.14. The van der Waals surface area contributed by atoms with E-state index >= 15 is 0 Å². The molecule has 0 N–H and O–H groups in total. The number of rotatable bonds is 2. The fraction of sp³-hybridized carbons (Fsp3) is 0.222. The highest BCUT2D eigenvalue weighted by atomic mass is 15.6. The molecule has 3 rings (SSSR count). The Balaban J connectivity index is 2.25. The molecule has 0 radical (unpaired) electrons. The molecule has 102 valence electrons. The third-order valence-electron chi connectivity index (χ3n) is 4.25. The average Bonchev–Trinajstić information content (AvgIpc) is 2.70. The van der Waals surface area contributed by atoms with Crippen LogP contribution in [0.15, 0.2) is 66.9 Å². The number of hydrogen-bond donors (Lipinski definition) is 0. The van der Waals surface area contributed by atoms with Crippen LogP contribution in [0.1, 0.15) is 18.1 Å². The van der Waals surface area contributed by atoms with Crippen LogP contribution in [0.25, 0.3) is 0 Å². The summed E-state index contributed by atoms with van der Waals surface area (Å²) >= 11 is 0. The minimum Gasteiger partial charge on any atom is -0.278 e. The summed E-state index contributed by atoms with van der Waals surface area (Å²) < 4.78 is 0. The number of hydrazine groups is 1. The van der Waals surface area contributed by atoms with Crippen molar-refractivity contribution in [2.24, 2.45) is 0 Å². The largest absolute Gasteiger partial charge is 0.278 e. The van der Waals surface area contributed by atoms with Crippen molar-refractivity contribution in [2.45, 2.75) is 12.3 Å². The van der Waals surface area contributed by atoms with Gasteiger partial charge in [0.2, 0.25) is 0 Å². The van der Waals surface area contributed by atoms with Gasteiger partial charge < -0.3 is 0 Å². The first-order chi connectivity index (χ1) is 9.56. The predicted molar refractivity (Wildman–Crippen MR) is 84.6 cm³/mol. The lowest BCUT2D eigenvalue weighted by Crippen LogP contribution is -2.37. The van der Waals surface area contributed by atoms with E-state index in [0.717, 1.165) is 5.70 Å². The zero-order valence-corrected chi connectivity index (χ0v) is 12.3. The molecule has 0 spiro atoms. The Morgan fingerprint density at radius 3 is 2.20 bits per heavy atom. The van der Waals surface area contributed by atoms with E-state index in [0.29, 0.717) is 0 Å². The summed E-state index contributed by atoms with van der Waals surface area (Å²) in [5.41, 5.74) is 4.72. The van der Waals surface area contributed by atoms with Crippen LogP contribution in [0.5, 0.6) is 0 Å². The molecule has 20 heavy (non-hydrogen) atoms. The molecule has 1 aliphatic rings. The second kappa shape index (κ2) is 4.50. The minimum atomic E-state index is -0.178. The van der Waals surface area contributed by atoms with Crippen molar-refractivity contribution < 1.29 is 0 Å². The summed E-state index contributed by atoms with van der Waals surface area (Å²) in [7, 11) is 4.11. The summed E-state index contributed by atoms with van der Waals surface area (Å²) in [6.45, 7) is 6.64. The molecule has 2 nitrogen and oxygen atoms in total. The summed E-state index contributed by atoms with van der Waals surface area (Å²) in [5, 5.41) is 4.29. The van der Waals surface area contributed by atoms with Gasteiger partial charge in [0, 0.05) is 19.8 Å².